The van der Waals surface area contributed by atoms with Crippen LogP contribution in [0.2, 0.25) is 0 Å². The van der Waals surface area contributed by atoms with E-state index in [1.54, 1.807) is 0 Å². The van der Waals surface area contributed by atoms with Crippen LogP contribution in [-0.4, -0.2) is 73.4 Å². The van der Waals surface area contributed by atoms with Crippen LogP contribution in [0.1, 0.15) is 284 Å². The number of phosphoric acid groups is 1. The number of aliphatic hydroxyl groups is 1. The first-order chi connectivity index (χ1) is 32.0. The number of hydrogen-bond acceptors (Lipinski definition) is 5. The molecule has 392 valence electrons. The first-order valence-corrected chi connectivity index (χ1v) is 30.2. The van der Waals surface area contributed by atoms with Crippen LogP contribution in [0.3, 0.4) is 0 Å². The summed E-state index contributed by atoms with van der Waals surface area (Å²) < 4.78 is 23.7. The van der Waals surface area contributed by atoms with Gasteiger partial charge in [0.25, 0.3) is 0 Å². The Labute approximate surface area is 411 Å². The normalized spacial score (nSPS) is 14.1. The minimum atomic E-state index is -4.32. The summed E-state index contributed by atoms with van der Waals surface area (Å²) in [6, 6.07) is -0.767. The number of aliphatic hydroxyl groups excluding tert-OH is 1. The molecule has 0 aliphatic carbocycles. The fraction of sp³-hybridized carbons (Fsp3) is 0.912. The van der Waals surface area contributed by atoms with Crippen molar-refractivity contribution in [2.45, 2.75) is 296 Å². The van der Waals surface area contributed by atoms with E-state index in [0.29, 0.717) is 23.9 Å². The molecule has 0 aromatic rings. The van der Waals surface area contributed by atoms with Crippen LogP contribution >= 0.6 is 7.82 Å². The maximum absolute atomic E-state index is 12.9. The van der Waals surface area contributed by atoms with Crippen molar-refractivity contribution in [1.82, 2.24) is 5.32 Å². The van der Waals surface area contributed by atoms with Crippen LogP contribution in [0.5, 0.6) is 0 Å². The van der Waals surface area contributed by atoms with Gasteiger partial charge in [-0.3, -0.25) is 13.8 Å². The summed E-state index contributed by atoms with van der Waals surface area (Å²) in [5, 5.41) is 14.0. The summed E-state index contributed by atoms with van der Waals surface area (Å²) in [7, 11) is 1.61. The van der Waals surface area contributed by atoms with Gasteiger partial charge in [-0.15, -0.1) is 0 Å². The van der Waals surface area contributed by atoms with Gasteiger partial charge in [0, 0.05) is 6.42 Å². The van der Waals surface area contributed by atoms with Crippen molar-refractivity contribution in [3.63, 3.8) is 0 Å². The smallest absolute Gasteiger partial charge is 0.391 e. The molecule has 0 rings (SSSR count). The lowest BCUT2D eigenvalue weighted by atomic mass is 10.0. The highest BCUT2D eigenvalue weighted by molar-refractivity contribution is 7.47. The van der Waals surface area contributed by atoms with Crippen LogP contribution in [-0.2, 0) is 18.4 Å². The molecule has 3 unspecified atom stereocenters. The Bertz CT molecular complexity index is 1130. The molecule has 9 heteroatoms. The maximum Gasteiger partial charge on any atom is 0.472 e. The highest BCUT2D eigenvalue weighted by Gasteiger charge is 2.28. The molecule has 0 saturated carbocycles. The minimum Gasteiger partial charge on any atom is -0.391 e. The Kier molecular flexibility index (Phi) is 48.2. The lowest BCUT2D eigenvalue weighted by molar-refractivity contribution is -0.870. The monoisotopic (exact) mass is 954 g/mol. The van der Waals surface area contributed by atoms with Crippen LogP contribution in [0, 0.1) is 0 Å². The fourth-order valence-corrected chi connectivity index (χ4v) is 9.40. The Morgan fingerprint density at radius 2 is 0.864 bits per heavy atom. The molecule has 0 radical (unpaired) electrons. The van der Waals surface area contributed by atoms with E-state index in [2.05, 4.69) is 43.5 Å². The van der Waals surface area contributed by atoms with Crippen LogP contribution < -0.4 is 5.32 Å². The Morgan fingerprint density at radius 1 is 0.515 bits per heavy atom. The molecule has 0 bridgehead atoms. The second kappa shape index (κ2) is 49.0. The van der Waals surface area contributed by atoms with Gasteiger partial charge in [-0.05, 0) is 44.9 Å². The topological polar surface area (TPSA) is 105 Å². The Hall–Kier alpha value is -1.02. The molecule has 8 nitrogen and oxygen atoms in total. The van der Waals surface area contributed by atoms with Crippen molar-refractivity contribution in [2.24, 2.45) is 0 Å². The summed E-state index contributed by atoms with van der Waals surface area (Å²) in [6.07, 6.45) is 61.0. The molecule has 1 amide bonds. The number of nitrogens with one attached hydrogen (secondary N) is 1. The summed E-state index contributed by atoms with van der Waals surface area (Å²) in [6.45, 7) is 4.88. The van der Waals surface area contributed by atoms with Crippen molar-refractivity contribution >= 4 is 13.7 Å². The third-order valence-corrected chi connectivity index (χ3v) is 14.2. The summed E-state index contributed by atoms with van der Waals surface area (Å²) >= 11 is 0. The third-order valence-electron chi connectivity index (χ3n) is 13.2. The Morgan fingerprint density at radius 3 is 1.27 bits per heavy atom. The minimum absolute atomic E-state index is 0.0728. The van der Waals surface area contributed by atoms with Gasteiger partial charge in [-0.2, -0.15) is 0 Å². The average molecular weight is 955 g/mol. The van der Waals surface area contributed by atoms with Gasteiger partial charge >= 0.3 is 7.82 Å². The number of carbonyl (C=O) groups excluding carboxylic acids is 1. The van der Waals surface area contributed by atoms with Crippen molar-refractivity contribution in [3.05, 3.63) is 24.3 Å². The molecule has 3 N–H and O–H groups in total. The molecule has 0 aromatic carbocycles. The summed E-state index contributed by atoms with van der Waals surface area (Å²) in [4.78, 5) is 23.3. The van der Waals surface area contributed by atoms with Crippen LogP contribution in [0.15, 0.2) is 24.3 Å². The zero-order valence-electron chi connectivity index (χ0n) is 44.7. The highest BCUT2D eigenvalue weighted by Crippen LogP contribution is 2.43. The second-order valence-corrected chi connectivity index (χ2v) is 22.5. The number of allylic oxidation sites excluding steroid dienone is 4. The number of unbranched alkanes of at least 4 members (excludes halogenated alkanes) is 36. The number of quaternary nitrogens is 1. The molecule has 0 spiro atoms. The molecular weight excluding hydrogens is 840 g/mol. The first kappa shape index (κ1) is 65.0. The van der Waals surface area contributed by atoms with Gasteiger partial charge in [0.2, 0.25) is 5.91 Å². The van der Waals surface area contributed by atoms with Crippen LogP contribution in [0.4, 0.5) is 0 Å². The van der Waals surface area contributed by atoms with Gasteiger partial charge in [-0.25, -0.2) is 4.57 Å². The molecule has 0 fully saturated rings. The van der Waals surface area contributed by atoms with E-state index in [4.69, 9.17) is 9.05 Å². The molecule has 0 saturated heterocycles. The van der Waals surface area contributed by atoms with Crippen molar-refractivity contribution in [3.8, 4) is 0 Å². The van der Waals surface area contributed by atoms with Crippen molar-refractivity contribution in [2.75, 3.05) is 40.9 Å². The average Bonchev–Trinajstić information content (AvgIpc) is 3.28. The van der Waals surface area contributed by atoms with E-state index in [1.165, 1.54) is 193 Å². The van der Waals surface area contributed by atoms with Gasteiger partial charge < -0.3 is 19.8 Å². The highest BCUT2D eigenvalue weighted by atomic mass is 31.2. The van der Waals surface area contributed by atoms with E-state index in [9.17, 15) is 19.4 Å². The SMILES string of the molecule is CCCCC/C=C\C/C=C\CCCCCCCC(=O)NC(COP(=O)(O)OCC[N+](C)(C)C)C(O)CCCCCCCCCCCCCCCCCCCCCCCCCCCCCCC. The van der Waals surface area contributed by atoms with E-state index >= 15 is 0 Å². The summed E-state index contributed by atoms with van der Waals surface area (Å²) in [5.41, 5.74) is 0. The van der Waals surface area contributed by atoms with Crippen molar-refractivity contribution in [1.29, 1.82) is 0 Å². The maximum atomic E-state index is 12.9. The lowest BCUT2D eigenvalue weighted by Crippen LogP contribution is -2.46. The number of amides is 1. The lowest BCUT2D eigenvalue weighted by Gasteiger charge is -2.26. The van der Waals surface area contributed by atoms with Crippen molar-refractivity contribution < 1.29 is 32.9 Å². The van der Waals surface area contributed by atoms with E-state index in [1.807, 2.05) is 21.1 Å². The number of nitrogens with zero attached hydrogens (tertiary/aromatic N) is 1. The molecule has 3 atom stereocenters. The standard InChI is InChI=1S/C57H113N2O6P/c1-6-8-10-12-14-16-18-20-22-23-24-25-26-27-28-29-30-31-32-33-34-35-37-38-40-42-44-46-48-50-56(60)55(54-65-66(62,63)64-53-52-59(3,4)5)58-57(61)51-49-47-45-43-41-39-36-21-19-17-15-13-11-9-7-2/h15,17,21,36,55-56,60H,6-14,16,18-20,22-35,37-54H2,1-5H3,(H-,58,61,62,63)/p+1/b17-15-,36-21-. The predicted octanol–water partition coefficient (Wildman–Crippen LogP) is 17.2. The summed E-state index contributed by atoms with van der Waals surface area (Å²) in [5.74, 6) is -0.155. The number of hydrogen-bond donors (Lipinski definition) is 3. The molecule has 0 aliphatic heterocycles. The van der Waals surface area contributed by atoms with Gasteiger partial charge in [0.15, 0.2) is 0 Å². The number of rotatable bonds is 53. The zero-order valence-corrected chi connectivity index (χ0v) is 45.6. The molecule has 0 heterocycles. The number of carbonyl (C=O) groups is 1. The van der Waals surface area contributed by atoms with Gasteiger partial charge in [-0.1, -0.05) is 256 Å². The molecule has 0 aliphatic rings. The van der Waals surface area contributed by atoms with E-state index in [-0.39, 0.29) is 19.1 Å². The van der Waals surface area contributed by atoms with Gasteiger partial charge in [0.1, 0.15) is 13.2 Å². The second-order valence-electron chi connectivity index (χ2n) is 21.0. The molecular formula is C57H114N2O6P+. The fourth-order valence-electron chi connectivity index (χ4n) is 8.67. The molecule has 66 heavy (non-hydrogen) atoms. The zero-order chi connectivity index (χ0) is 48.5. The van der Waals surface area contributed by atoms with Gasteiger partial charge in [0.05, 0.1) is 39.9 Å². The molecule has 0 aromatic heterocycles. The van der Waals surface area contributed by atoms with E-state index in [0.717, 1.165) is 64.2 Å². The Balaban J connectivity index is 4.07. The first-order valence-electron chi connectivity index (χ1n) is 28.7. The third kappa shape index (κ3) is 50.8. The van der Waals surface area contributed by atoms with E-state index < -0.39 is 20.0 Å². The largest absolute Gasteiger partial charge is 0.472 e. The van der Waals surface area contributed by atoms with Crippen LogP contribution in [0.25, 0.3) is 0 Å². The number of likely N-dealkylation sites (N-methyl/N-ethyl adjacent to an activating group) is 1. The predicted molar refractivity (Wildman–Crippen MR) is 286 cm³/mol. The quantitative estimate of drug-likeness (QED) is 0.0243. The number of phosphoric ester groups is 1.